The summed E-state index contributed by atoms with van der Waals surface area (Å²) in [6.07, 6.45) is 4.15. The molecule has 0 bridgehead atoms. The standard InChI is InChI=1S/C18H26N2O2/c1-19-9-4-7-18(13-19)8-10-20(14-18)17(21)12-15-5-3-6-16(11-15)22-2/h3,5-6,11H,4,7-10,12-14H2,1-2H3/t18-/m1/s1. The molecule has 2 heterocycles. The Morgan fingerprint density at radius 3 is 2.91 bits per heavy atom. The van der Waals surface area contributed by atoms with Crippen LogP contribution < -0.4 is 4.74 Å². The highest BCUT2D eigenvalue weighted by Crippen LogP contribution is 2.38. The molecule has 4 nitrogen and oxygen atoms in total. The summed E-state index contributed by atoms with van der Waals surface area (Å²) in [7, 11) is 3.85. The number of nitrogens with zero attached hydrogens (tertiary/aromatic N) is 2. The molecule has 2 aliphatic rings. The highest BCUT2D eigenvalue weighted by molar-refractivity contribution is 5.79. The van der Waals surface area contributed by atoms with Crippen LogP contribution in [0.2, 0.25) is 0 Å². The maximum atomic E-state index is 12.6. The molecule has 1 aromatic rings. The Hall–Kier alpha value is -1.55. The van der Waals surface area contributed by atoms with Gasteiger partial charge in [0.2, 0.25) is 5.91 Å². The number of carbonyl (C=O) groups is 1. The summed E-state index contributed by atoms with van der Waals surface area (Å²) >= 11 is 0. The van der Waals surface area contributed by atoms with E-state index in [9.17, 15) is 4.79 Å². The van der Waals surface area contributed by atoms with Crippen molar-refractivity contribution in [3.05, 3.63) is 29.8 Å². The molecule has 2 saturated heterocycles. The van der Waals surface area contributed by atoms with Crippen LogP contribution in [-0.2, 0) is 11.2 Å². The first-order valence-electron chi connectivity index (χ1n) is 8.19. The summed E-state index contributed by atoms with van der Waals surface area (Å²) in [6, 6.07) is 7.82. The van der Waals surface area contributed by atoms with Crippen molar-refractivity contribution in [2.45, 2.75) is 25.7 Å². The Bertz CT molecular complexity index is 546. The number of ether oxygens (including phenoxy) is 1. The SMILES string of the molecule is COc1cccc(CC(=O)N2CC[C@@]3(CCCN(C)C3)C2)c1. The fourth-order valence-corrected chi connectivity index (χ4v) is 4.00. The zero-order chi connectivity index (χ0) is 15.6. The van der Waals surface area contributed by atoms with Gasteiger partial charge in [-0.1, -0.05) is 12.1 Å². The molecule has 2 fully saturated rings. The molecule has 0 saturated carbocycles. The maximum Gasteiger partial charge on any atom is 0.227 e. The average Bonchev–Trinajstić information content (AvgIpc) is 2.91. The quantitative estimate of drug-likeness (QED) is 0.858. The van der Waals surface area contributed by atoms with Crippen LogP contribution in [0.25, 0.3) is 0 Å². The number of benzene rings is 1. The Labute approximate surface area is 133 Å². The van der Waals surface area contributed by atoms with Crippen LogP contribution >= 0.6 is 0 Å². The van der Waals surface area contributed by atoms with Gasteiger partial charge in [0.05, 0.1) is 13.5 Å². The van der Waals surface area contributed by atoms with Crippen LogP contribution in [0, 0.1) is 5.41 Å². The zero-order valence-electron chi connectivity index (χ0n) is 13.7. The van der Waals surface area contributed by atoms with Gasteiger partial charge >= 0.3 is 0 Å². The van der Waals surface area contributed by atoms with Gasteiger partial charge in [0.1, 0.15) is 5.75 Å². The van der Waals surface area contributed by atoms with Crippen LogP contribution in [0.15, 0.2) is 24.3 Å². The topological polar surface area (TPSA) is 32.8 Å². The lowest BCUT2D eigenvalue weighted by Gasteiger charge is -2.38. The molecular formula is C18H26N2O2. The van der Waals surface area contributed by atoms with Crippen molar-refractivity contribution in [3.63, 3.8) is 0 Å². The lowest BCUT2D eigenvalue weighted by Crippen LogP contribution is -2.43. The Morgan fingerprint density at radius 1 is 1.27 bits per heavy atom. The van der Waals surface area contributed by atoms with E-state index >= 15 is 0 Å². The van der Waals surface area contributed by atoms with Gasteiger partial charge in [-0.05, 0) is 50.6 Å². The fraction of sp³-hybridized carbons (Fsp3) is 0.611. The van der Waals surface area contributed by atoms with Gasteiger partial charge in [0.25, 0.3) is 0 Å². The Kier molecular flexibility index (Phi) is 4.39. The number of likely N-dealkylation sites (tertiary alicyclic amines) is 2. The summed E-state index contributed by atoms with van der Waals surface area (Å²) in [5.74, 6) is 1.07. The minimum Gasteiger partial charge on any atom is -0.497 e. The van der Waals surface area contributed by atoms with Crippen molar-refractivity contribution in [1.82, 2.24) is 9.80 Å². The average molecular weight is 302 g/mol. The van der Waals surface area contributed by atoms with E-state index in [1.165, 1.54) is 19.4 Å². The lowest BCUT2D eigenvalue weighted by atomic mass is 9.79. The minimum absolute atomic E-state index is 0.248. The third kappa shape index (κ3) is 3.27. The maximum absolute atomic E-state index is 12.6. The third-order valence-corrected chi connectivity index (χ3v) is 5.13. The first-order chi connectivity index (χ1) is 10.6. The molecule has 0 N–H and O–H groups in total. The number of amides is 1. The van der Waals surface area contributed by atoms with E-state index in [1.54, 1.807) is 7.11 Å². The number of hydrogen-bond acceptors (Lipinski definition) is 3. The van der Waals surface area contributed by atoms with Gasteiger partial charge in [-0.2, -0.15) is 0 Å². The second-order valence-corrected chi connectivity index (χ2v) is 6.93. The number of methoxy groups -OCH3 is 1. The zero-order valence-corrected chi connectivity index (χ0v) is 13.7. The largest absolute Gasteiger partial charge is 0.497 e. The van der Waals surface area contributed by atoms with Gasteiger partial charge in [0.15, 0.2) is 0 Å². The van der Waals surface area contributed by atoms with Crippen LogP contribution in [0.5, 0.6) is 5.75 Å². The molecule has 0 unspecified atom stereocenters. The predicted octanol–water partition coefficient (Wildman–Crippen LogP) is 2.18. The number of rotatable bonds is 3. The monoisotopic (exact) mass is 302 g/mol. The van der Waals surface area contributed by atoms with Crippen molar-refractivity contribution in [2.24, 2.45) is 5.41 Å². The van der Waals surface area contributed by atoms with Crippen LogP contribution in [-0.4, -0.2) is 56.0 Å². The number of carbonyl (C=O) groups excluding carboxylic acids is 1. The summed E-state index contributed by atoms with van der Waals surface area (Å²) in [5.41, 5.74) is 1.38. The van der Waals surface area contributed by atoms with Crippen molar-refractivity contribution in [3.8, 4) is 5.75 Å². The fourth-order valence-electron chi connectivity index (χ4n) is 4.00. The summed E-state index contributed by atoms with van der Waals surface area (Å²) in [6.45, 7) is 4.17. The number of hydrogen-bond donors (Lipinski definition) is 0. The van der Waals surface area contributed by atoms with E-state index in [0.29, 0.717) is 11.8 Å². The van der Waals surface area contributed by atoms with E-state index in [-0.39, 0.29) is 5.91 Å². The Morgan fingerprint density at radius 2 is 2.14 bits per heavy atom. The first kappa shape index (κ1) is 15.3. The Balaban J connectivity index is 1.61. The van der Waals surface area contributed by atoms with Crippen LogP contribution in [0.1, 0.15) is 24.8 Å². The molecule has 1 amide bonds. The van der Waals surface area contributed by atoms with Crippen LogP contribution in [0.4, 0.5) is 0 Å². The van der Waals surface area contributed by atoms with Gasteiger partial charge in [-0.3, -0.25) is 4.79 Å². The highest BCUT2D eigenvalue weighted by atomic mass is 16.5. The van der Waals surface area contributed by atoms with Crippen molar-refractivity contribution >= 4 is 5.91 Å². The van der Waals surface area contributed by atoms with E-state index < -0.39 is 0 Å². The van der Waals surface area contributed by atoms with Gasteiger partial charge in [-0.15, -0.1) is 0 Å². The molecular weight excluding hydrogens is 276 g/mol. The molecule has 4 heteroatoms. The lowest BCUT2D eigenvalue weighted by molar-refractivity contribution is -0.130. The second-order valence-electron chi connectivity index (χ2n) is 6.93. The second kappa shape index (κ2) is 6.29. The summed E-state index contributed by atoms with van der Waals surface area (Å²) in [5, 5.41) is 0. The van der Waals surface area contributed by atoms with Gasteiger partial charge in [0, 0.05) is 25.0 Å². The number of piperidine rings is 1. The van der Waals surface area contributed by atoms with E-state index in [2.05, 4.69) is 16.8 Å². The van der Waals surface area contributed by atoms with Crippen molar-refractivity contribution in [1.29, 1.82) is 0 Å². The molecule has 120 valence electrons. The molecule has 0 aliphatic carbocycles. The predicted molar refractivity (Wildman–Crippen MR) is 87.1 cm³/mol. The van der Waals surface area contributed by atoms with E-state index in [4.69, 9.17) is 4.74 Å². The molecule has 0 aromatic heterocycles. The molecule has 22 heavy (non-hydrogen) atoms. The summed E-state index contributed by atoms with van der Waals surface area (Å²) < 4.78 is 5.23. The molecule has 1 atom stereocenters. The van der Waals surface area contributed by atoms with Gasteiger partial charge < -0.3 is 14.5 Å². The molecule has 3 rings (SSSR count). The summed E-state index contributed by atoms with van der Waals surface area (Å²) in [4.78, 5) is 17.1. The van der Waals surface area contributed by atoms with Crippen molar-refractivity contribution < 1.29 is 9.53 Å². The molecule has 0 radical (unpaired) electrons. The molecule has 2 aliphatic heterocycles. The molecule has 1 aromatic carbocycles. The first-order valence-corrected chi connectivity index (χ1v) is 8.19. The van der Waals surface area contributed by atoms with Crippen molar-refractivity contribution in [2.75, 3.05) is 40.3 Å². The third-order valence-electron chi connectivity index (χ3n) is 5.13. The van der Waals surface area contributed by atoms with Gasteiger partial charge in [-0.25, -0.2) is 0 Å². The minimum atomic E-state index is 0.248. The normalized spacial score (nSPS) is 25.6. The highest BCUT2D eigenvalue weighted by Gasteiger charge is 2.41. The van der Waals surface area contributed by atoms with E-state index in [0.717, 1.165) is 37.4 Å². The smallest absolute Gasteiger partial charge is 0.227 e. The van der Waals surface area contributed by atoms with Crippen LogP contribution in [0.3, 0.4) is 0 Å². The van der Waals surface area contributed by atoms with E-state index in [1.807, 2.05) is 24.3 Å². The molecule has 1 spiro atoms.